The molecule has 7 nitrogen and oxygen atoms in total. The minimum Gasteiger partial charge on any atom is -0.741 e. The first-order valence-electron chi connectivity index (χ1n) is 4.49. The number of nitrogens with zero attached hydrogens (tertiary/aromatic N) is 4. The quantitative estimate of drug-likeness (QED) is 0.444. The van der Waals surface area contributed by atoms with E-state index in [1.54, 1.807) is 12.1 Å². The minimum atomic E-state index is -6.09. The fourth-order valence-electron chi connectivity index (χ4n) is 0.702. The molecular weight excluding hydrogens is 289 g/mol. The molecule has 0 aliphatic carbocycles. The molecule has 0 saturated carbocycles. The summed E-state index contributed by atoms with van der Waals surface area (Å²) in [6.45, 7) is 0. The number of pyridine rings is 1. The lowest BCUT2D eigenvalue weighted by atomic mass is 10.4. The zero-order chi connectivity index (χ0) is 15.3. The van der Waals surface area contributed by atoms with Gasteiger partial charge in [-0.15, -0.1) is 0 Å². The number of anilines is 1. The summed E-state index contributed by atoms with van der Waals surface area (Å²) in [5.41, 5.74) is -5.18. The SMILES string of the molecule is CN(C)c1ccc([N+]#N)cn1.O=S(=O)([O-])C(F)(F)F. The molecular formula is C8H9F3N4O3S. The van der Waals surface area contributed by atoms with E-state index in [9.17, 15) is 13.2 Å². The molecule has 1 aromatic heterocycles. The predicted octanol–water partition coefficient (Wildman–Crippen LogP) is 1.68. The van der Waals surface area contributed by atoms with Crippen molar-refractivity contribution in [1.82, 2.24) is 4.98 Å². The fraction of sp³-hybridized carbons (Fsp3) is 0.375. The van der Waals surface area contributed by atoms with E-state index in [0.717, 1.165) is 5.82 Å². The van der Waals surface area contributed by atoms with Crippen LogP contribution in [0.25, 0.3) is 4.98 Å². The topological polar surface area (TPSA) is 101 Å². The number of hydrogen-bond acceptors (Lipinski definition) is 6. The lowest BCUT2D eigenvalue weighted by molar-refractivity contribution is -0.0517. The van der Waals surface area contributed by atoms with Crippen LogP contribution in [0.5, 0.6) is 0 Å². The maximum atomic E-state index is 10.7. The molecule has 0 bridgehead atoms. The number of diazo groups is 1. The number of rotatable bonds is 1. The predicted molar refractivity (Wildman–Crippen MR) is 59.1 cm³/mol. The van der Waals surface area contributed by atoms with Crippen molar-refractivity contribution < 1.29 is 26.1 Å². The Balaban J connectivity index is 0.000000362. The van der Waals surface area contributed by atoms with Crippen LogP contribution in [0.3, 0.4) is 0 Å². The van der Waals surface area contributed by atoms with Gasteiger partial charge in [-0.25, -0.2) is 13.4 Å². The summed E-state index contributed by atoms with van der Waals surface area (Å²) >= 11 is 0. The minimum absolute atomic E-state index is 0.468. The van der Waals surface area contributed by atoms with Crippen molar-refractivity contribution in [2.24, 2.45) is 0 Å². The number of halogens is 3. The fourth-order valence-corrected chi connectivity index (χ4v) is 0.702. The lowest BCUT2D eigenvalue weighted by Gasteiger charge is -2.08. The van der Waals surface area contributed by atoms with Gasteiger partial charge in [-0.3, -0.25) is 0 Å². The van der Waals surface area contributed by atoms with Gasteiger partial charge >= 0.3 is 11.2 Å². The van der Waals surface area contributed by atoms with E-state index in [1.165, 1.54) is 6.20 Å². The highest BCUT2D eigenvalue weighted by molar-refractivity contribution is 7.86. The Morgan fingerprint density at radius 3 is 2.05 bits per heavy atom. The van der Waals surface area contributed by atoms with E-state index >= 15 is 0 Å². The summed E-state index contributed by atoms with van der Waals surface area (Å²) in [7, 11) is -2.29. The standard InChI is InChI=1S/C7H9N4.CHF3O3S/c1-11(2)7-4-3-6(10-8)5-9-7;2-1(3,4)8(5,6)7/h3-5H,1-2H3;(H,5,6,7)/q+1;/p-1. The van der Waals surface area contributed by atoms with E-state index in [1.807, 2.05) is 19.0 Å². The summed E-state index contributed by atoms with van der Waals surface area (Å²) in [6.07, 6.45) is 1.51. The van der Waals surface area contributed by atoms with Gasteiger partial charge in [-0.2, -0.15) is 13.2 Å². The zero-order valence-electron chi connectivity index (χ0n) is 9.79. The van der Waals surface area contributed by atoms with E-state index in [2.05, 4.69) is 9.96 Å². The second-order valence-electron chi connectivity index (χ2n) is 3.27. The van der Waals surface area contributed by atoms with Crippen molar-refractivity contribution in [3.63, 3.8) is 0 Å². The van der Waals surface area contributed by atoms with Crippen molar-refractivity contribution in [3.8, 4) is 0 Å². The van der Waals surface area contributed by atoms with Gasteiger partial charge in [-0.05, 0) is 6.07 Å². The monoisotopic (exact) mass is 298 g/mol. The largest absolute Gasteiger partial charge is 0.741 e. The third-order valence-corrected chi connectivity index (χ3v) is 2.16. The maximum Gasteiger partial charge on any atom is 0.485 e. The Morgan fingerprint density at radius 1 is 1.37 bits per heavy atom. The van der Waals surface area contributed by atoms with Crippen molar-refractivity contribution in [1.29, 1.82) is 5.39 Å². The van der Waals surface area contributed by atoms with E-state index in [0.29, 0.717) is 5.69 Å². The van der Waals surface area contributed by atoms with E-state index in [-0.39, 0.29) is 0 Å². The second kappa shape index (κ2) is 6.30. The lowest BCUT2D eigenvalue weighted by Crippen LogP contribution is -2.21. The molecule has 0 N–H and O–H groups in total. The molecule has 1 aromatic rings. The van der Waals surface area contributed by atoms with Crippen LogP contribution in [-0.2, 0) is 10.1 Å². The van der Waals surface area contributed by atoms with Crippen molar-refractivity contribution in [3.05, 3.63) is 23.3 Å². The van der Waals surface area contributed by atoms with Gasteiger partial charge in [0.2, 0.25) is 5.39 Å². The third kappa shape index (κ3) is 5.98. The van der Waals surface area contributed by atoms with Crippen LogP contribution in [0.15, 0.2) is 18.3 Å². The van der Waals surface area contributed by atoms with E-state index in [4.69, 9.17) is 18.4 Å². The molecule has 11 heteroatoms. The Labute approximate surface area is 107 Å². The molecule has 0 aliphatic heterocycles. The van der Waals surface area contributed by atoms with Gasteiger partial charge in [0, 0.05) is 20.2 Å². The highest BCUT2D eigenvalue weighted by Crippen LogP contribution is 2.20. The van der Waals surface area contributed by atoms with Crippen LogP contribution in [0.2, 0.25) is 0 Å². The average Bonchev–Trinajstić information content (AvgIpc) is 2.27. The van der Waals surface area contributed by atoms with E-state index < -0.39 is 15.6 Å². The van der Waals surface area contributed by atoms with Crippen molar-refractivity contribution in [2.75, 3.05) is 19.0 Å². The number of alkyl halides is 3. The molecule has 0 radical (unpaired) electrons. The zero-order valence-corrected chi connectivity index (χ0v) is 10.6. The van der Waals surface area contributed by atoms with Crippen molar-refractivity contribution >= 4 is 21.6 Å². The first-order chi connectivity index (χ1) is 8.49. The third-order valence-electron chi connectivity index (χ3n) is 1.59. The Hall–Kier alpha value is -1.93. The molecule has 0 fully saturated rings. The summed E-state index contributed by atoms with van der Waals surface area (Å²) in [6, 6.07) is 3.48. The van der Waals surface area contributed by atoms with Gasteiger partial charge in [0.15, 0.2) is 15.1 Å². The molecule has 0 aliphatic rings. The molecule has 0 atom stereocenters. The first-order valence-corrected chi connectivity index (χ1v) is 5.90. The summed E-state index contributed by atoms with van der Waals surface area (Å²) < 4.78 is 58.9. The van der Waals surface area contributed by atoms with Crippen molar-refractivity contribution in [2.45, 2.75) is 5.51 Å². The molecule has 1 rings (SSSR count). The first kappa shape index (κ1) is 17.1. The van der Waals surface area contributed by atoms with Crippen LogP contribution < -0.4 is 4.90 Å². The summed E-state index contributed by atoms with van der Waals surface area (Å²) in [5.74, 6) is 0.845. The summed E-state index contributed by atoms with van der Waals surface area (Å²) in [4.78, 5) is 8.89. The van der Waals surface area contributed by atoms with Crippen LogP contribution in [-0.4, -0.2) is 37.6 Å². The molecule has 0 aromatic carbocycles. The smallest absolute Gasteiger partial charge is 0.485 e. The normalized spacial score (nSPS) is 11.0. The Morgan fingerprint density at radius 2 is 1.84 bits per heavy atom. The maximum absolute atomic E-state index is 10.7. The van der Waals surface area contributed by atoms with Gasteiger partial charge < -0.3 is 9.45 Å². The van der Waals surface area contributed by atoms with Gasteiger partial charge in [0.05, 0.1) is 0 Å². The van der Waals surface area contributed by atoms with Gasteiger partial charge in [0.1, 0.15) is 12.0 Å². The molecule has 0 unspecified atom stereocenters. The summed E-state index contributed by atoms with van der Waals surface area (Å²) in [5, 5.41) is 8.34. The molecule has 0 saturated heterocycles. The molecule has 106 valence electrons. The molecule has 1 heterocycles. The van der Waals surface area contributed by atoms with Crippen LogP contribution in [0.1, 0.15) is 0 Å². The molecule has 19 heavy (non-hydrogen) atoms. The highest BCUT2D eigenvalue weighted by atomic mass is 32.2. The van der Waals surface area contributed by atoms with Gasteiger partial charge in [-0.1, -0.05) is 0 Å². The van der Waals surface area contributed by atoms with Gasteiger partial charge in [0.25, 0.3) is 0 Å². The number of hydrogen-bond donors (Lipinski definition) is 0. The van der Waals surface area contributed by atoms with Crippen LogP contribution in [0.4, 0.5) is 24.7 Å². The van der Waals surface area contributed by atoms with Crippen LogP contribution in [0, 0.1) is 5.39 Å². The Kier molecular flexibility index (Phi) is 5.66. The molecule has 0 spiro atoms. The number of aromatic nitrogens is 1. The second-order valence-corrected chi connectivity index (χ2v) is 4.64. The molecule has 0 amide bonds. The average molecular weight is 298 g/mol. The van der Waals surface area contributed by atoms with Crippen LogP contribution >= 0.6 is 0 Å². The highest BCUT2D eigenvalue weighted by Gasteiger charge is 2.36. The Bertz CT molecular complexity index is 548.